The molecule has 2 aromatic heterocycles. The predicted molar refractivity (Wildman–Crippen MR) is 91.9 cm³/mol. The molecule has 1 N–H and O–H groups in total. The summed E-state index contributed by atoms with van der Waals surface area (Å²) < 4.78 is 3.77. The molecule has 0 aliphatic carbocycles. The van der Waals surface area contributed by atoms with Crippen molar-refractivity contribution >= 4 is 0 Å². The van der Waals surface area contributed by atoms with Crippen molar-refractivity contribution in [2.45, 2.75) is 46.8 Å². The lowest BCUT2D eigenvalue weighted by Gasteiger charge is -2.15. The molecule has 0 aliphatic heterocycles. The third-order valence-electron chi connectivity index (χ3n) is 4.02. The fraction of sp³-hybridized carbons (Fsp3) is 0.412. The standard InChI is InChI=1S/C17H23N7/c1-12-8-19-23(10-12)11-15(4)18-9-16-20-21-22-24(16)17-13(2)6-5-7-14(17)3/h5-8,10,15,18H,9,11H2,1-4H3/t15-/m0/s1. The van der Waals surface area contributed by atoms with Crippen LogP contribution in [0.1, 0.15) is 29.4 Å². The Balaban J connectivity index is 1.70. The molecule has 7 heteroatoms. The molecule has 0 spiro atoms. The summed E-state index contributed by atoms with van der Waals surface area (Å²) in [5.41, 5.74) is 4.53. The quantitative estimate of drug-likeness (QED) is 0.750. The van der Waals surface area contributed by atoms with Crippen LogP contribution >= 0.6 is 0 Å². The van der Waals surface area contributed by atoms with Gasteiger partial charge in [-0.1, -0.05) is 18.2 Å². The largest absolute Gasteiger partial charge is 0.305 e. The van der Waals surface area contributed by atoms with Gasteiger partial charge in [-0.2, -0.15) is 9.78 Å². The summed E-state index contributed by atoms with van der Waals surface area (Å²) in [7, 11) is 0. The van der Waals surface area contributed by atoms with Crippen molar-refractivity contribution in [2.75, 3.05) is 0 Å². The number of aromatic nitrogens is 6. The van der Waals surface area contributed by atoms with Crippen LogP contribution in [0, 0.1) is 20.8 Å². The van der Waals surface area contributed by atoms with Crippen molar-refractivity contribution in [2.24, 2.45) is 0 Å². The lowest BCUT2D eigenvalue weighted by molar-refractivity contribution is 0.443. The lowest BCUT2D eigenvalue weighted by atomic mass is 10.1. The molecule has 24 heavy (non-hydrogen) atoms. The van der Waals surface area contributed by atoms with E-state index in [1.807, 2.05) is 34.7 Å². The van der Waals surface area contributed by atoms with Crippen LogP contribution in [-0.4, -0.2) is 36.0 Å². The average Bonchev–Trinajstić information content (AvgIpc) is 3.14. The SMILES string of the molecule is Cc1cnn(C[C@H](C)NCc2nnnn2-c2c(C)cccc2C)c1. The van der Waals surface area contributed by atoms with Gasteiger partial charge in [0.2, 0.25) is 0 Å². The van der Waals surface area contributed by atoms with Crippen LogP contribution in [0.2, 0.25) is 0 Å². The summed E-state index contributed by atoms with van der Waals surface area (Å²) >= 11 is 0. The van der Waals surface area contributed by atoms with Crippen LogP contribution in [0.3, 0.4) is 0 Å². The number of nitrogens with one attached hydrogen (secondary N) is 1. The molecule has 1 aromatic carbocycles. The number of tetrazole rings is 1. The molecule has 3 aromatic rings. The first kappa shape index (κ1) is 16.3. The first-order valence-corrected chi connectivity index (χ1v) is 8.11. The minimum Gasteiger partial charge on any atom is -0.305 e. The highest BCUT2D eigenvalue weighted by Crippen LogP contribution is 2.18. The van der Waals surface area contributed by atoms with Crippen LogP contribution < -0.4 is 5.32 Å². The van der Waals surface area contributed by atoms with Gasteiger partial charge in [0.15, 0.2) is 5.82 Å². The Hall–Kier alpha value is -2.54. The fourth-order valence-electron chi connectivity index (χ4n) is 2.81. The Labute approximate surface area is 141 Å². The Bertz CT molecular complexity index is 798. The number of nitrogens with zero attached hydrogens (tertiary/aromatic N) is 6. The van der Waals surface area contributed by atoms with Crippen molar-refractivity contribution < 1.29 is 0 Å². The fourth-order valence-corrected chi connectivity index (χ4v) is 2.81. The van der Waals surface area contributed by atoms with E-state index in [9.17, 15) is 0 Å². The molecule has 3 rings (SSSR count). The van der Waals surface area contributed by atoms with Gasteiger partial charge < -0.3 is 5.32 Å². The van der Waals surface area contributed by atoms with E-state index in [0.29, 0.717) is 6.54 Å². The first-order chi connectivity index (χ1) is 11.5. The van der Waals surface area contributed by atoms with Crippen LogP contribution in [0.4, 0.5) is 0 Å². The predicted octanol–water partition coefficient (Wildman–Crippen LogP) is 1.96. The average molecular weight is 325 g/mol. The molecule has 0 fully saturated rings. The van der Waals surface area contributed by atoms with Crippen molar-refractivity contribution in [3.8, 4) is 5.69 Å². The second-order valence-corrected chi connectivity index (χ2v) is 6.27. The summed E-state index contributed by atoms with van der Waals surface area (Å²) in [5, 5.41) is 20.0. The molecule has 2 heterocycles. The van der Waals surface area contributed by atoms with Crippen molar-refractivity contribution in [3.63, 3.8) is 0 Å². The number of hydrogen-bond donors (Lipinski definition) is 1. The monoisotopic (exact) mass is 325 g/mol. The van der Waals surface area contributed by atoms with Crippen LogP contribution in [0.15, 0.2) is 30.6 Å². The zero-order chi connectivity index (χ0) is 17.1. The molecule has 0 bridgehead atoms. The number of benzene rings is 1. The number of para-hydroxylation sites is 1. The molecule has 0 radical (unpaired) electrons. The Morgan fingerprint density at radius 3 is 2.58 bits per heavy atom. The molecule has 1 atom stereocenters. The lowest BCUT2D eigenvalue weighted by Crippen LogP contribution is -2.31. The minimum atomic E-state index is 0.257. The van der Waals surface area contributed by atoms with Gasteiger partial charge in [0.05, 0.1) is 25.0 Å². The smallest absolute Gasteiger partial charge is 0.170 e. The maximum absolute atomic E-state index is 4.32. The van der Waals surface area contributed by atoms with E-state index in [-0.39, 0.29) is 6.04 Å². The number of aryl methyl sites for hydroxylation is 3. The van der Waals surface area contributed by atoms with Gasteiger partial charge in [-0.3, -0.25) is 4.68 Å². The highest BCUT2D eigenvalue weighted by molar-refractivity contribution is 5.46. The molecule has 0 saturated carbocycles. The maximum atomic E-state index is 4.32. The van der Waals surface area contributed by atoms with Gasteiger partial charge in [-0.05, 0) is 54.8 Å². The van der Waals surface area contributed by atoms with Gasteiger partial charge in [0.25, 0.3) is 0 Å². The molecule has 7 nitrogen and oxygen atoms in total. The summed E-state index contributed by atoms with van der Waals surface area (Å²) in [4.78, 5) is 0. The van der Waals surface area contributed by atoms with E-state index in [1.165, 1.54) is 5.56 Å². The Morgan fingerprint density at radius 2 is 1.92 bits per heavy atom. The third kappa shape index (κ3) is 3.51. The topological polar surface area (TPSA) is 73.5 Å². The van der Waals surface area contributed by atoms with Gasteiger partial charge in [0.1, 0.15) is 0 Å². The van der Waals surface area contributed by atoms with Crippen molar-refractivity contribution in [1.82, 2.24) is 35.3 Å². The van der Waals surface area contributed by atoms with Crippen LogP contribution in [0.25, 0.3) is 5.69 Å². The molecule has 126 valence electrons. The first-order valence-electron chi connectivity index (χ1n) is 8.11. The van der Waals surface area contributed by atoms with E-state index in [2.05, 4.69) is 58.8 Å². The summed E-state index contributed by atoms with van der Waals surface area (Å²) in [6, 6.07) is 6.45. The Kier molecular flexibility index (Phi) is 4.71. The maximum Gasteiger partial charge on any atom is 0.170 e. The summed E-state index contributed by atoms with van der Waals surface area (Å²) in [6.45, 7) is 9.72. The number of hydrogen-bond acceptors (Lipinski definition) is 5. The molecular formula is C17H23N7. The van der Waals surface area contributed by atoms with Gasteiger partial charge in [-0.15, -0.1) is 5.10 Å². The highest BCUT2D eigenvalue weighted by Gasteiger charge is 2.13. The summed E-state index contributed by atoms with van der Waals surface area (Å²) in [6.07, 6.45) is 3.91. The second-order valence-electron chi connectivity index (χ2n) is 6.27. The van der Waals surface area contributed by atoms with E-state index >= 15 is 0 Å². The van der Waals surface area contributed by atoms with Gasteiger partial charge in [0, 0.05) is 12.2 Å². The summed E-state index contributed by atoms with van der Waals surface area (Å²) in [5.74, 6) is 0.802. The second kappa shape index (κ2) is 6.92. The van der Waals surface area contributed by atoms with Crippen LogP contribution in [-0.2, 0) is 13.1 Å². The van der Waals surface area contributed by atoms with Gasteiger partial charge in [-0.25, -0.2) is 0 Å². The molecule has 0 unspecified atom stereocenters. The molecule has 0 amide bonds. The van der Waals surface area contributed by atoms with Gasteiger partial charge >= 0.3 is 0 Å². The van der Waals surface area contributed by atoms with Crippen LogP contribution in [0.5, 0.6) is 0 Å². The zero-order valence-corrected chi connectivity index (χ0v) is 14.6. The Morgan fingerprint density at radius 1 is 1.17 bits per heavy atom. The molecular weight excluding hydrogens is 302 g/mol. The van der Waals surface area contributed by atoms with Crippen molar-refractivity contribution in [1.29, 1.82) is 0 Å². The van der Waals surface area contributed by atoms with Crippen molar-refractivity contribution in [3.05, 3.63) is 53.1 Å². The normalized spacial score (nSPS) is 12.5. The van der Waals surface area contributed by atoms with E-state index in [1.54, 1.807) is 0 Å². The molecule has 0 aliphatic rings. The van der Waals surface area contributed by atoms with E-state index < -0.39 is 0 Å². The van der Waals surface area contributed by atoms with E-state index in [4.69, 9.17) is 0 Å². The molecule has 0 saturated heterocycles. The highest BCUT2D eigenvalue weighted by atomic mass is 15.5. The number of rotatable bonds is 6. The van der Waals surface area contributed by atoms with E-state index in [0.717, 1.165) is 29.2 Å². The third-order valence-corrected chi connectivity index (χ3v) is 4.02. The zero-order valence-electron chi connectivity index (χ0n) is 14.6. The minimum absolute atomic E-state index is 0.257.